The average Bonchev–Trinajstić information content (AvgIpc) is 3.15. The SMILES string of the molecule is CN(C)c1nc2c(c(NCc3nc(-c4cccnc4)no3)n1)CCCC2. The van der Waals surface area contributed by atoms with Crippen LogP contribution in [0, 0.1) is 0 Å². The van der Waals surface area contributed by atoms with Crippen molar-refractivity contribution in [3.8, 4) is 11.4 Å². The van der Waals surface area contributed by atoms with Gasteiger partial charge < -0.3 is 14.7 Å². The third-order valence-corrected chi connectivity index (χ3v) is 4.37. The summed E-state index contributed by atoms with van der Waals surface area (Å²) in [6.07, 6.45) is 7.76. The summed E-state index contributed by atoms with van der Waals surface area (Å²) in [5.74, 6) is 2.63. The molecule has 3 heterocycles. The lowest BCUT2D eigenvalue weighted by Gasteiger charge is -2.21. The van der Waals surface area contributed by atoms with Crippen molar-refractivity contribution in [2.45, 2.75) is 32.2 Å². The number of rotatable bonds is 5. The molecule has 3 aromatic heterocycles. The van der Waals surface area contributed by atoms with Gasteiger partial charge >= 0.3 is 0 Å². The molecule has 0 aromatic carbocycles. The highest BCUT2D eigenvalue weighted by molar-refractivity contribution is 5.53. The molecule has 0 fully saturated rings. The van der Waals surface area contributed by atoms with Crippen LogP contribution in [0.3, 0.4) is 0 Å². The molecule has 0 saturated heterocycles. The largest absolute Gasteiger partial charge is 0.361 e. The number of hydrogen-bond donors (Lipinski definition) is 1. The Hall–Kier alpha value is -3.03. The van der Waals surface area contributed by atoms with Gasteiger partial charge in [0.1, 0.15) is 5.82 Å². The van der Waals surface area contributed by atoms with Gasteiger partial charge in [0, 0.05) is 37.6 Å². The monoisotopic (exact) mass is 351 g/mol. The molecule has 0 atom stereocenters. The first-order valence-electron chi connectivity index (χ1n) is 8.74. The molecule has 8 heteroatoms. The second-order valence-electron chi connectivity index (χ2n) is 6.51. The molecule has 8 nitrogen and oxygen atoms in total. The van der Waals surface area contributed by atoms with Gasteiger partial charge in [0.05, 0.1) is 12.2 Å². The molecule has 0 spiro atoms. The van der Waals surface area contributed by atoms with E-state index < -0.39 is 0 Å². The highest BCUT2D eigenvalue weighted by atomic mass is 16.5. The van der Waals surface area contributed by atoms with Crippen molar-refractivity contribution in [1.82, 2.24) is 25.1 Å². The summed E-state index contributed by atoms with van der Waals surface area (Å²) in [5.41, 5.74) is 3.17. The molecule has 1 aliphatic rings. The Morgan fingerprint density at radius 1 is 1.15 bits per heavy atom. The van der Waals surface area contributed by atoms with E-state index in [1.807, 2.05) is 31.1 Å². The van der Waals surface area contributed by atoms with E-state index in [9.17, 15) is 0 Å². The maximum Gasteiger partial charge on any atom is 0.246 e. The van der Waals surface area contributed by atoms with Gasteiger partial charge in [-0.15, -0.1) is 0 Å². The van der Waals surface area contributed by atoms with Crippen molar-refractivity contribution in [3.63, 3.8) is 0 Å². The second kappa shape index (κ2) is 7.07. The molecule has 0 unspecified atom stereocenters. The third-order valence-electron chi connectivity index (χ3n) is 4.37. The molecule has 0 bridgehead atoms. The third kappa shape index (κ3) is 3.35. The number of fused-ring (bicyclic) bond motifs is 1. The average molecular weight is 351 g/mol. The van der Waals surface area contributed by atoms with Crippen molar-refractivity contribution in [2.24, 2.45) is 0 Å². The molecular formula is C18H21N7O. The van der Waals surface area contributed by atoms with Crippen LogP contribution in [-0.4, -0.2) is 39.2 Å². The lowest BCUT2D eigenvalue weighted by molar-refractivity contribution is 0.384. The molecule has 1 aliphatic carbocycles. The zero-order valence-electron chi connectivity index (χ0n) is 14.9. The molecule has 0 aliphatic heterocycles. The maximum absolute atomic E-state index is 5.36. The summed E-state index contributed by atoms with van der Waals surface area (Å²) >= 11 is 0. The number of aryl methyl sites for hydroxylation is 1. The van der Waals surface area contributed by atoms with Gasteiger partial charge in [-0.3, -0.25) is 4.98 Å². The Bertz CT molecular complexity index is 892. The predicted octanol–water partition coefficient (Wildman–Crippen LogP) is 2.48. The van der Waals surface area contributed by atoms with Crippen molar-refractivity contribution in [1.29, 1.82) is 0 Å². The van der Waals surface area contributed by atoms with Gasteiger partial charge in [-0.25, -0.2) is 4.98 Å². The summed E-state index contributed by atoms with van der Waals surface area (Å²) in [5, 5.41) is 7.38. The molecule has 26 heavy (non-hydrogen) atoms. The maximum atomic E-state index is 5.36. The van der Waals surface area contributed by atoms with Gasteiger partial charge in [0.15, 0.2) is 0 Å². The van der Waals surface area contributed by atoms with Crippen LogP contribution in [-0.2, 0) is 19.4 Å². The summed E-state index contributed by atoms with van der Waals surface area (Å²) < 4.78 is 5.36. The first kappa shape index (κ1) is 16.4. The number of pyridine rings is 1. The topological polar surface area (TPSA) is 92.9 Å². The Morgan fingerprint density at radius 2 is 2.04 bits per heavy atom. The fraction of sp³-hybridized carbons (Fsp3) is 0.389. The van der Waals surface area contributed by atoms with E-state index in [0.717, 1.165) is 42.3 Å². The Kier molecular flexibility index (Phi) is 4.47. The van der Waals surface area contributed by atoms with Crippen LogP contribution in [0.15, 0.2) is 29.0 Å². The minimum atomic E-state index is 0.420. The van der Waals surface area contributed by atoms with Crippen molar-refractivity contribution in [3.05, 3.63) is 41.7 Å². The molecule has 0 radical (unpaired) electrons. The quantitative estimate of drug-likeness (QED) is 0.749. The molecule has 4 rings (SSSR count). The number of nitrogens with one attached hydrogen (secondary N) is 1. The minimum Gasteiger partial charge on any atom is -0.361 e. The van der Waals surface area contributed by atoms with E-state index in [2.05, 4.69) is 30.4 Å². The van der Waals surface area contributed by atoms with Crippen LogP contribution >= 0.6 is 0 Å². The first-order valence-corrected chi connectivity index (χ1v) is 8.74. The molecule has 0 amide bonds. The number of hydrogen-bond acceptors (Lipinski definition) is 8. The smallest absolute Gasteiger partial charge is 0.246 e. The van der Waals surface area contributed by atoms with Gasteiger partial charge in [-0.05, 0) is 37.8 Å². The van der Waals surface area contributed by atoms with Gasteiger partial charge in [-0.2, -0.15) is 9.97 Å². The predicted molar refractivity (Wildman–Crippen MR) is 97.9 cm³/mol. The number of aromatic nitrogens is 5. The standard InChI is InChI=1S/C18H21N7O/c1-25(2)18-21-14-8-4-3-7-13(14)17(23-18)20-11-15-22-16(24-26-15)12-6-5-9-19-10-12/h5-6,9-10H,3-4,7-8,11H2,1-2H3,(H,20,21,23). The first-order chi connectivity index (χ1) is 12.7. The summed E-state index contributed by atoms with van der Waals surface area (Å²) in [4.78, 5) is 19.8. The summed E-state index contributed by atoms with van der Waals surface area (Å²) in [6, 6.07) is 3.75. The Labute approximate surface area is 151 Å². The Morgan fingerprint density at radius 3 is 2.85 bits per heavy atom. The summed E-state index contributed by atoms with van der Waals surface area (Å²) in [6.45, 7) is 0.420. The van der Waals surface area contributed by atoms with Crippen LogP contribution < -0.4 is 10.2 Å². The number of nitrogens with zero attached hydrogens (tertiary/aromatic N) is 6. The zero-order chi connectivity index (χ0) is 17.9. The molecule has 134 valence electrons. The molecular weight excluding hydrogens is 330 g/mol. The fourth-order valence-electron chi connectivity index (χ4n) is 3.03. The normalized spacial score (nSPS) is 13.3. The Balaban J connectivity index is 1.55. The van der Waals surface area contributed by atoms with Crippen LogP contribution in [0.2, 0.25) is 0 Å². The minimum absolute atomic E-state index is 0.420. The second-order valence-corrected chi connectivity index (χ2v) is 6.51. The van der Waals surface area contributed by atoms with E-state index in [1.165, 1.54) is 12.0 Å². The zero-order valence-corrected chi connectivity index (χ0v) is 14.9. The number of anilines is 2. The van der Waals surface area contributed by atoms with Crippen LogP contribution in [0.4, 0.5) is 11.8 Å². The van der Waals surface area contributed by atoms with E-state index in [0.29, 0.717) is 18.3 Å². The molecule has 0 saturated carbocycles. The van der Waals surface area contributed by atoms with Crippen molar-refractivity contribution >= 4 is 11.8 Å². The van der Waals surface area contributed by atoms with Crippen LogP contribution in [0.1, 0.15) is 30.0 Å². The molecule has 3 aromatic rings. The van der Waals surface area contributed by atoms with Gasteiger partial charge in [0.2, 0.25) is 17.7 Å². The fourth-order valence-corrected chi connectivity index (χ4v) is 3.03. The highest BCUT2D eigenvalue weighted by Gasteiger charge is 2.19. The highest BCUT2D eigenvalue weighted by Crippen LogP contribution is 2.27. The van der Waals surface area contributed by atoms with Crippen molar-refractivity contribution in [2.75, 3.05) is 24.3 Å². The van der Waals surface area contributed by atoms with E-state index in [4.69, 9.17) is 4.52 Å². The lowest BCUT2D eigenvalue weighted by Crippen LogP contribution is -2.19. The molecule has 1 N–H and O–H groups in total. The summed E-state index contributed by atoms with van der Waals surface area (Å²) in [7, 11) is 3.90. The van der Waals surface area contributed by atoms with E-state index >= 15 is 0 Å². The van der Waals surface area contributed by atoms with Crippen LogP contribution in [0.5, 0.6) is 0 Å². The van der Waals surface area contributed by atoms with E-state index in [1.54, 1.807) is 12.4 Å². The van der Waals surface area contributed by atoms with Gasteiger partial charge in [-0.1, -0.05) is 5.16 Å². The van der Waals surface area contributed by atoms with Gasteiger partial charge in [0.25, 0.3) is 0 Å². The lowest BCUT2D eigenvalue weighted by atomic mass is 9.96. The van der Waals surface area contributed by atoms with Crippen molar-refractivity contribution < 1.29 is 4.52 Å². The van der Waals surface area contributed by atoms with E-state index in [-0.39, 0.29) is 0 Å². The van der Waals surface area contributed by atoms with Crippen LogP contribution in [0.25, 0.3) is 11.4 Å².